The van der Waals surface area contributed by atoms with Crippen LogP contribution in [0, 0.1) is 0 Å². The Hall–Kier alpha value is -1.76. The minimum Gasteiger partial charge on any atom is -0.297 e. The lowest BCUT2D eigenvalue weighted by atomic mass is 10.1. The van der Waals surface area contributed by atoms with Crippen molar-refractivity contribution in [2.45, 2.75) is 16.2 Å². The second-order valence-corrected chi connectivity index (χ2v) is 7.10. The first-order chi connectivity index (χ1) is 10.1. The van der Waals surface area contributed by atoms with Crippen molar-refractivity contribution in [2.75, 3.05) is 13.7 Å². The van der Waals surface area contributed by atoms with Crippen molar-refractivity contribution in [3.8, 4) is 0 Å². The summed E-state index contributed by atoms with van der Waals surface area (Å²) in [6, 6.07) is 13.5. The van der Waals surface area contributed by atoms with Gasteiger partial charge in [0.25, 0.3) is 0 Å². The Morgan fingerprint density at radius 2 is 1.86 bits per heavy atom. The Balaban J connectivity index is 2.01. The fourth-order valence-corrected chi connectivity index (χ4v) is 4.34. The van der Waals surface area contributed by atoms with Crippen molar-refractivity contribution in [3.05, 3.63) is 60.4 Å². The normalized spacial score (nSPS) is 23.3. The van der Waals surface area contributed by atoms with Gasteiger partial charge in [-0.05, 0) is 24.3 Å². The van der Waals surface area contributed by atoms with Crippen LogP contribution in [0.15, 0.2) is 59.6 Å². The summed E-state index contributed by atoms with van der Waals surface area (Å²) in [4.78, 5) is 10.1. The van der Waals surface area contributed by atoms with E-state index in [-0.39, 0.29) is 6.61 Å². The molecule has 0 amide bonds. The molecule has 6 heteroatoms. The number of aromatic nitrogens is 1. The number of pyridine rings is 1. The molecule has 1 saturated heterocycles. The molecule has 2 heterocycles. The van der Waals surface area contributed by atoms with Crippen LogP contribution in [0.3, 0.4) is 0 Å². The number of hydrogen-bond acceptors (Lipinski definition) is 5. The zero-order chi connectivity index (χ0) is 14.9. The highest BCUT2D eigenvalue weighted by Gasteiger charge is 2.44. The van der Waals surface area contributed by atoms with Crippen LogP contribution in [-0.2, 0) is 14.7 Å². The van der Waals surface area contributed by atoms with Crippen LogP contribution in [0.2, 0.25) is 0 Å². The summed E-state index contributed by atoms with van der Waals surface area (Å²) in [5, 5.41) is 0.910. The van der Waals surface area contributed by atoms with Crippen molar-refractivity contribution in [1.82, 2.24) is 10.0 Å². The number of rotatable bonds is 3. The van der Waals surface area contributed by atoms with Gasteiger partial charge in [0.05, 0.1) is 23.2 Å². The van der Waals surface area contributed by atoms with Crippen molar-refractivity contribution < 1.29 is 13.3 Å². The Kier molecular flexibility index (Phi) is 3.75. The van der Waals surface area contributed by atoms with Gasteiger partial charge in [-0.1, -0.05) is 24.3 Å². The van der Waals surface area contributed by atoms with Crippen molar-refractivity contribution >= 4 is 9.84 Å². The summed E-state index contributed by atoms with van der Waals surface area (Å²) >= 11 is 0. The van der Waals surface area contributed by atoms with E-state index in [1.807, 2.05) is 12.1 Å². The lowest BCUT2D eigenvalue weighted by Crippen LogP contribution is -2.31. The Morgan fingerprint density at radius 1 is 1.14 bits per heavy atom. The van der Waals surface area contributed by atoms with Crippen LogP contribution in [0.4, 0.5) is 0 Å². The summed E-state index contributed by atoms with van der Waals surface area (Å²) in [7, 11) is -1.74. The molecule has 0 unspecified atom stereocenters. The molecular weight excluding hydrogens is 288 g/mol. The topological polar surface area (TPSA) is 59.5 Å². The monoisotopic (exact) mass is 304 g/mol. The molecule has 21 heavy (non-hydrogen) atoms. The van der Waals surface area contributed by atoms with Gasteiger partial charge >= 0.3 is 0 Å². The van der Waals surface area contributed by atoms with Gasteiger partial charge in [0.1, 0.15) is 5.25 Å². The van der Waals surface area contributed by atoms with Crippen molar-refractivity contribution in [3.63, 3.8) is 0 Å². The fraction of sp³-hybridized carbons (Fsp3) is 0.267. The summed E-state index contributed by atoms with van der Waals surface area (Å²) < 4.78 is 25.7. The Morgan fingerprint density at radius 3 is 2.52 bits per heavy atom. The highest BCUT2D eigenvalue weighted by atomic mass is 32.2. The maximum Gasteiger partial charge on any atom is 0.185 e. The SMILES string of the molecule is CN1OC[C@H](S(=O)(=O)c2ccccc2)[C@H]1c1ccccn1. The van der Waals surface area contributed by atoms with E-state index in [2.05, 4.69) is 4.98 Å². The lowest BCUT2D eigenvalue weighted by molar-refractivity contribution is -0.111. The Bertz CT molecular complexity index is 704. The predicted octanol–water partition coefficient (Wildman–Crippen LogP) is 1.84. The molecule has 5 nitrogen and oxygen atoms in total. The standard InChI is InChI=1S/C15H16N2O3S/c1-17-15(13-9-5-6-10-16-13)14(11-20-17)21(18,19)12-7-3-2-4-8-12/h2-10,14-15H,11H2,1H3/t14-,15+/m0/s1. The highest BCUT2D eigenvalue weighted by molar-refractivity contribution is 7.92. The third-order valence-electron chi connectivity index (χ3n) is 3.65. The van der Waals surface area contributed by atoms with Gasteiger partial charge in [-0.3, -0.25) is 9.82 Å². The van der Waals surface area contributed by atoms with Crippen molar-refractivity contribution in [1.29, 1.82) is 0 Å². The van der Waals surface area contributed by atoms with E-state index in [0.717, 1.165) is 0 Å². The second kappa shape index (κ2) is 5.55. The van der Waals surface area contributed by atoms with E-state index in [4.69, 9.17) is 4.84 Å². The summed E-state index contributed by atoms with van der Waals surface area (Å²) in [6.07, 6.45) is 1.66. The molecule has 0 saturated carbocycles. The summed E-state index contributed by atoms with van der Waals surface area (Å²) in [5.74, 6) is 0. The second-order valence-electron chi connectivity index (χ2n) is 4.94. The summed E-state index contributed by atoms with van der Waals surface area (Å²) in [5.41, 5.74) is 0.696. The number of hydrogen-bond donors (Lipinski definition) is 0. The molecule has 0 aliphatic carbocycles. The highest BCUT2D eigenvalue weighted by Crippen LogP contribution is 2.35. The third kappa shape index (κ3) is 2.57. The quantitative estimate of drug-likeness (QED) is 0.866. The minimum atomic E-state index is -3.48. The number of hydroxylamine groups is 2. The molecular formula is C15H16N2O3S. The molecule has 0 N–H and O–H groups in total. The van der Waals surface area contributed by atoms with Crippen LogP contribution in [0.5, 0.6) is 0 Å². The van der Waals surface area contributed by atoms with Gasteiger partial charge in [0.2, 0.25) is 0 Å². The first kappa shape index (κ1) is 14.2. The molecule has 3 rings (SSSR count). The molecule has 2 atom stereocenters. The molecule has 0 radical (unpaired) electrons. The van der Waals surface area contributed by atoms with Crippen LogP contribution in [0.1, 0.15) is 11.7 Å². The molecule has 0 spiro atoms. The maximum atomic E-state index is 12.8. The average molecular weight is 304 g/mol. The van der Waals surface area contributed by atoms with Crippen molar-refractivity contribution in [2.24, 2.45) is 0 Å². The van der Waals surface area contributed by atoms with E-state index in [9.17, 15) is 8.42 Å². The van der Waals surface area contributed by atoms with Crippen LogP contribution in [-0.4, -0.2) is 37.4 Å². The Labute approximate surface area is 124 Å². The number of benzene rings is 1. The van der Waals surface area contributed by atoms with E-state index in [1.165, 1.54) is 0 Å². The van der Waals surface area contributed by atoms with Crippen LogP contribution < -0.4 is 0 Å². The van der Waals surface area contributed by atoms with Gasteiger partial charge in [-0.25, -0.2) is 8.42 Å². The average Bonchev–Trinajstić information content (AvgIpc) is 2.91. The van der Waals surface area contributed by atoms with Gasteiger partial charge in [0.15, 0.2) is 9.84 Å². The molecule has 1 aliphatic heterocycles. The minimum absolute atomic E-state index is 0.134. The third-order valence-corrected chi connectivity index (χ3v) is 5.77. The first-order valence-electron chi connectivity index (χ1n) is 6.66. The fourth-order valence-electron chi connectivity index (χ4n) is 2.57. The zero-order valence-corrected chi connectivity index (χ0v) is 12.4. The molecule has 1 aromatic heterocycles. The van der Waals surface area contributed by atoms with Gasteiger partial charge < -0.3 is 0 Å². The molecule has 2 aromatic rings. The zero-order valence-electron chi connectivity index (χ0n) is 11.6. The molecule has 1 aliphatic rings. The lowest BCUT2D eigenvalue weighted by Gasteiger charge is -2.21. The largest absolute Gasteiger partial charge is 0.297 e. The molecule has 1 fully saturated rings. The number of sulfone groups is 1. The maximum absolute atomic E-state index is 12.8. The van der Waals surface area contributed by atoms with Gasteiger partial charge in [-0.2, -0.15) is 5.06 Å². The van der Waals surface area contributed by atoms with E-state index >= 15 is 0 Å². The van der Waals surface area contributed by atoms with E-state index in [0.29, 0.717) is 10.6 Å². The summed E-state index contributed by atoms with van der Waals surface area (Å²) in [6.45, 7) is 0.134. The molecule has 1 aromatic carbocycles. The van der Waals surface area contributed by atoms with Gasteiger partial charge in [-0.15, -0.1) is 0 Å². The number of nitrogens with zero attached hydrogens (tertiary/aromatic N) is 2. The molecule has 110 valence electrons. The molecule has 0 bridgehead atoms. The van der Waals surface area contributed by atoms with E-state index < -0.39 is 21.1 Å². The first-order valence-corrected chi connectivity index (χ1v) is 8.21. The predicted molar refractivity (Wildman–Crippen MR) is 78.1 cm³/mol. The van der Waals surface area contributed by atoms with Gasteiger partial charge in [0, 0.05) is 13.2 Å². The van der Waals surface area contributed by atoms with Crippen LogP contribution in [0.25, 0.3) is 0 Å². The van der Waals surface area contributed by atoms with Crippen LogP contribution >= 0.6 is 0 Å². The smallest absolute Gasteiger partial charge is 0.185 e. The van der Waals surface area contributed by atoms with E-state index in [1.54, 1.807) is 54.7 Å².